The summed E-state index contributed by atoms with van der Waals surface area (Å²) in [6.45, 7) is 6.52. The van der Waals surface area contributed by atoms with Crippen LogP contribution in [0.4, 0.5) is 0 Å². The summed E-state index contributed by atoms with van der Waals surface area (Å²) in [7, 11) is 1.31. The molecule has 1 aliphatic rings. The lowest BCUT2D eigenvalue weighted by Gasteiger charge is -2.41. The second-order valence-electron chi connectivity index (χ2n) is 9.89. The van der Waals surface area contributed by atoms with Gasteiger partial charge in [0.25, 0.3) is 6.47 Å². The standard InChI is InChI=1S/C30H37BrClN3O4.C2H4O2/c31-28-20-27(32)8-7-24(28)9-11-35-29(26-6-5-23-3-1-2-4-25(23)19-26)21-34(22-30(35)36)12-14-38-16-18-39-17-15-37-13-10-33;1-4-2-3/h1-8,19-20,29H,9-18,21-22,33H2;2H,1H3. The molecule has 9 nitrogen and oxygen atoms in total. The van der Waals surface area contributed by atoms with Crippen molar-refractivity contribution in [2.45, 2.75) is 12.5 Å². The van der Waals surface area contributed by atoms with Gasteiger partial charge >= 0.3 is 0 Å². The van der Waals surface area contributed by atoms with Gasteiger partial charge in [0, 0.05) is 35.7 Å². The van der Waals surface area contributed by atoms with E-state index in [1.165, 1.54) is 17.9 Å². The Morgan fingerprint density at radius 1 is 0.930 bits per heavy atom. The van der Waals surface area contributed by atoms with E-state index in [2.05, 4.69) is 62.0 Å². The molecule has 0 aromatic heterocycles. The number of benzene rings is 3. The molecular formula is C32H41BrClN3O6. The summed E-state index contributed by atoms with van der Waals surface area (Å²) in [5.74, 6) is 0.130. The maximum atomic E-state index is 13.5. The maximum absolute atomic E-state index is 13.5. The van der Waals surface area contributed by atoms with Gasteiger partial charge in [-0.05, 0) is 46.5 Å². The Labute approximate surface area is 267 Å². The molecule has 234 valence electrons. The zero-order valence-corrected chi connectivity index (χ0v) is 26.9. The van der Waals surface area contributed by atoms with Crippen LogP contribution in [0.1, 0.15) is 17.2 Å². The molecule has 3 aromatic carbocycles. The van der Waals surface area contributed by atoms with Crippen LogP contribution in [-0.4, -0.2) is 102 Å². The average Bonchev–Trinajstić information content (AvgIpc) is 3.02. The van der Waals surface area contributed by atoms with Gasteiger partial charge in [-0.3, -0.25) is 14.5 Å². The molecule has 0 radical (unpaired) electrons. The van der Waals surface area contributed by atoms with Crippen LogP contribution in [0.5, 0.6) is 0 Å². The smallest absolute Gasteiger partial charge is 0.292 e. The van der Waals surface area contributed by atoms with E-state index in [4.69, 9.17) is 36.3 Å². The number of amides is 1. The highest BCUT2D eigenvalue weighted by molar-refractivity contribution is 9.10. The lowest BCUT2D eigenvalue weighted by molar-refractivity contribution is -0.140. The van der Waals surface area contributed by atoms with Crippen molar-refractivity contribution in [2.75, 3.05) is 79.5 Å². The summed E-state index contributed by atoms with van der Waals surface area (Å²) in [4.78, 5) is 26.6. The molecule has 0 spiro atoms. The minimum Gasteiger partial charge on any atom is -0.471 e. The van der Waals surface area contributed by atoms with Gasteiger partial charge in [-0.2, -0.15) is 0 Å². The molecule has 1 fully saturated rings. The number of methoxy groups -OCH3 is 1. The van der Waals surface area contributed by atoms with Gasteiger partial charge in [0.1, 0.15) is 0 Å². The Bertz CT molecular complexity index is 1280. The van der Waals surface area contributed by atoms with Gasteiger partial charge in [-0.15, -0.1) is 0 Å². The zero-order chi connectivity index (χ0) is 30.9. The summed E-state index contributed by atoms with van der Waals surface area (Å²) >= 11 is 9.75. The Hall–Kier alpha value is -2.57. The molecule has 0 aliphatic carbocycles. The molecule has 11 heteroatoms. The normalized spacial score (nSPS) is 15.3. The molecule has 1 saturated heterocycles. The van der Waals surface area contributed by atoms with Gasteiger partial charge in [0.2, 0.25) is 5.91 Å². The number of carbonyl (C=O) groups is 2. The minimum absolute atomic E-state index is 0.0428. The lowest BCUT2D eigenvalue weighted by Crippen LogP contribution is -2.53. The van der Waals surface area contributed by atoms with Crippen LogP contribution in [-0.2, 0) is 35.0 Å². The van der Waals surface area contributed by atoms with E-state index in [9.17, 15) is 4.79 Å². The molecule has 2 N–H and O–H groups in total. The number of carbonyl (C=O) groups excluding carboxylic acids is 2. The van der Waals surface area contributed by atoms with E-state index in [0.29, 0.717) is 77.3 Å². The van der Waals surface area contributed by atoms with Gasteiger partial charge in [0.05, 0.1) is 59.3 Å². The van der Waals surface area contributed by atoms with E-state index >= 15 is 0 Å². The highest BCUT2D eigenvalue weighted by Crippen LogP contribution is 2.30. The SMILES string of the molecule is COC=O.NCCOCCOCCOCCN1CC(=O)N(CCc2ccc(Cl)cc2Br)C(c2ccc3ccccc3c2)C1. The Morgan fingerprint density at radius 2 is 1.60 bits per heavy atom. The molecule has 0 saturated carbocycles. The first-order chi connectivity index (χ1) is 21.0. The summed E-state index contributed by atoms with van der Waals surface area (Å²) < 4.78 is 21.4. The van der Waals surface area contributed by atoms with Crippen LogP contribution in [0.2, 0.25) is 5.02 Å². The van der Waals surface area contributed by atoms with Crippen molar-refractivity contribution in [1.82, 2.24) is 9.80 Å². The topological polar surface area (TPSA) is 104 Å². The largest absolute Gasteiger partial charge is 0.471 e. The third kappa shape index (κ3) is 11.8. The van der Waals surface area contributed by atoms with Crippen molar-refractivity contribution in [1.29, 1.82) is 0 Å². The maximum Gasteiger partial charge on any atom is 0.292 e. The van der Waals surface area contributed by atoms with Crippen LogP contribution in [0.15, 0.2) is 65.1 Å². The Balaban J connectivity index is 0.00000119. The number of piperazine rings is 1. The van der Waals surface area contributed by atoms with Crippen LogP contribution in [0.3, 0.4) is 0 Å². The average molecular weight is 679 g/mol. The molecule has 43 heavy (non-hydrogen) atoms. The molecule has 4 rings (SSSR count). The van der Waals surface area contributed by atoms with Gasteiger partial charge < -0.3 is 29.6 Å². The van der Waals surface area contributed by atoms with Crippen LogP contribution < -0.4 is 5.73 Å². The molecule has 1 atom stereocenters. The monoisotopic (exact) mass is 677 g/mol. The molecule has 1 unspecified atom stereocenters. The van der Waals surface area contributed by atoms with E-state index in [0.717, 1.165) is 28.6 Å². The van der Waals surface area contributed by atoms with Crippen molar-refractivity contribution in [3.63, 3.8) is 0 Å². The number of halogens is 2. The van der Waals surface area contributed by atoms with E-state index in [1.807, 2.05) is 29.2 Å². The van der Waals surface area contributed by atoms with Crippen LogP contribution in [0, 0.1) is 0 Å². The number of ether oxygens (including phenoxy) is 4. The number of nitrogens with two attached hydrogens (primary N) is 1. The van der Waals surface area contributed by atoms with Crippen molar-refractivity contribution in [3.05, 3.63) is 81.3 Å². The summed E-state index contributed by atoms with van der Waals surface area (Å²) in [5.41, 5.74) is 7.67. The summed E-state index contributed by atoms with van der Waals surface area (Å²) in [5, 5.41) is 3.06. The van der Waals surface area contributed by atoms with E-state index < -0.39 is 0 Å². The first-order valence-corrected chi connectivity index (χ1v) is 15.5. The number of rotatable bonds is 16. The Morgan fingerprint density at radius 3 is 2.28 bits per heavy atom. The fourth-order valence-electron chi connectivity index (χ4n) is 4.80. The predicted molar refractivity (Wildman–Crippen MR) is 172 cm³/mol. The molecule has 1 aliphatic heterocycles. The second kappa shape index (κ2) is 19.7. The van der Waals surface area contributed by atoms with E-state index in [-0.39, 0.29) is 11.9 Å². The highest BCUT2D eigenvalue weighted by Gasteiger charge is 2.33. The van der Waals surface area contributed by atoms with Gasteiger partial charge in [-0.1, -0.05) is 70.0 Å². The minimum atomic E-state index is -0.0428. The van der Waals surface area contributed by atoms with Crippen molar-refractivity contribution in [3.8, 4) is 0 Å². The first-order valence-electron chi connectivity index (χ1n) is 14.3. The zero-order valence-electron chi connectivity index (χ0n) is 24.6. The number of hydrogen-bond donors (Lipinski definition) is 1. The summed E-state index contributed by atoms with van der Waals surface area (Å²) in [6, 6.07) is 20.6. The predicted octanol–water partition coefficient (Wildman–Crippen LogP) is 4.48. The molecular weight excluding hydrogens is 638 g/mol. The van der Waals surface area contributed by atoms with Gasteiger partial charge in [0.15, 0.2) is 0 Å². The van der Waals surface area contributed by atoms with E-state index in [1.54, 1.807) is 0 Å². The van der Waals surface area contributed by atoms with Crippen molar-refractivity contribution >= 4 is 50.7 Å². The fraction of sp³-hybridized carbons (Fsp3) is 0.438. The second-order valence-corrected chi connectivity index (χ2v) is 11.2. The molecule has 3 aromatic rings. The van der Waals surface area contributed by atoms with Gasteiger partial charge in [-0.25, -0.2) is 0 Å². The lowest BCUT2D eigenvalue weighted by atomic mass is 9.98. The van der Waals surface area contributed by atoms with Crippen molar-refractivity contribution < 1.29 is 28.5 Å². The van der Waals surface area contributed by atoms with Crippen LogP contribution >= 0.6 is 27.5 Å². The number of fused-ring (bicyclic) bond motifs is 1. The number of hydrogen-bond acceptors (Lipinski definition) is 8. The first kappa shape index (κ1) is 34.9. The third-order valence-electron chi connectivity index (χ3n) is 6.94. The molecule has 0 bridgehead atoms. The Kier molecular flexibility index (Phi) is 16.0. The fourth-order valence-corrected chi connectivity index (χ4v) is 5.68. The van der Waals surface area contributed by atoms with Crippen LogP contribution in [0.25, 0.3) is 10.8 Å². The third-order valence-corrected chi connectivity index (χ3v) is 7.91. The summed E-state index contributed by atoms with van der Waals surface area (Å²) in [6.07, 6.45) is 0.744. The van der Waals surface area contributed by atoms with Crippen molar-refractivity contribution in [2.24, 2.45) is 5.73 Å². The number of nitrogens with zero attached hydrogens (tertiary/aromatic N) is 2. The quantitative estimate of drug-likeness (QED) is 0.175. The molecule has 1 amide bonds. The molecule has 1 heterocycles. The highest BCUT2D eigenvalue weighted by atomic mass is 79.9.